The molecule has 2 fully saturated rings. The Hall–Kier alpha value is -1.66. The average molecular weight is 417 g/mol. The Balaban J connectivity index is 1.61. The van der Waals surface area contributed by atoms with E-state index in [1.165, 1.54) is 5.57 Å². The molecule has 2 aliphatic heterocycles. The summed E-state index contributed by atoms with van der Waals surface area (Å²) in [6, 6.07) is 5.33. The van der Waals surface area contributed by atoms with Crippen molar-refractivity contribution >= 4 is 21.6 Å². The van der Waals surface area contributed by atoms with Crippen molar-refractivity contribution < 1.29 is 13.2 Å². The number of amides is 1. The van der Waals surface area contributed by atoms with Crippen molar-refractivity contribution in [2.45, 2.75) is 58.3 Å². The summed E-state index contributed by atoms with van der Waals surface area (Å²) in [4.78, 5) is 15.7. The fraction of sp³-hybridized carbons (Fsp3) is 0.609. The number of aryl methyl sites for hydroxylation is 1. The molecule has 4 rings (SSSR count). The van der Waals surface area contributed by atoms with Crippen LogP contribution >= 0.6 is 0 Å². The minimum Gasteiger partial charge on any atom is -0.312 e. The number of nitrogens with zero attached hydrogens (tertiary/aromatic N) is 2. The minimum atomic E-state index is -3.43. The fourth-order valence-corrected chi connectivity index (χ4v) is 6.60. The second kappa shape index (κ2) is 7.24. The monoisotopic (exact) mass is 416 g/mol. The van der Waals surface area contributed by atoms with Gasteiger partial charge in [0.25, 0.3) is 0 Å². The quantitative estimate of drug-likeness (QED) is 0.698. The summed E-state index contributed by atoms with van der Waals surface area (Å²) in [7, 11) is -3.43. The Morgan fingerprint density at radius 1 is 1.10 bits per heavy atom. The average Bonchev–Trinajstić information content (AvgIpc) is 3.06. The van der Waals surface area contributed by atoms with E-state index in [9.17, 15) is 13.2 Å². The van der Waals surface area contributed by atoms with Crippen LogP contribution in [0.5, 0.6) is 0 Å². The van der Waals surface area contributed by atoms with Crippen LogP contribution in [-0.2, 0) is 21.2 Å². The highest BCUT2D eigenvalue weighted by molar-refractivity contribution is 7.89. The van der Waals surface area contributed by atoms with Crippen LogP contribution in [0, 0.1) is 17.3 Å². The molecule has 0 aromatic heterocycles. The van der Waals surface area contributed by atoms with Gasteiger partial charge in [-0.3, -0.25) is 4.79 Å². The summed E-state index contributed by atoms with van der Waals surface area (Å²) in [5.41, 5.74) is 3.09. The van der Waals surface area contributed by atoms with Crippen LogP contribution in [0.1, 0.15) is 52.5 Å². The molecule has 1 amide bonds. The Morgan fingerprint density at radius 2 is 1.79 bits per heavy atom. The summed E-state index contributed by atoms with van der Waals surface area (Å²) in [6.07, 6.45) is 5.76. The van der Waals surface area contributed by atoms with Crippen molar-refractivity contribution in [3.8, 4) is 0 Å². The molecule has 2 unspecified atom stereocenters. The van der Waals surface area contributed by atoms with Gasteiger partial charge in [-0.15, -0.1) is 0 Å². The van der Waals surface area contributed by atoms with Crippen LogP contribution in [0.4, 0.5) is 5.69 Å². The first-order chi connectivity index (χ1) is 13.6. The Morgan fingerprint density at radius 3 is 2.45 bits per heavy atom. The van der Waals surface area contributed by atoms with Gasteiger partial charge < -0.3 is 4.90 Å². The van der Waals surface area contributed by atoms with E-state index in [1.807, 2.05) is 11.0 Å². The number of allylic oxidation sites excluding steroid dienone is 2. The molecule has 0 radical (unpaired) electrons. The number of hydrogen-bond donors (Lipinski definition) is 0. The number of fused-ring (bicyclic) bond motifs is 1. The summed E-state index contributed by atoms with van der Waals surface area (Å²) in [6.45, 7) is 10.4. The molecule has 6 heteroatoms. The normalized spacial score (nSPS) is 26.1. The summed E-state index contributed by atoms with van der Waals surface area (Å²) >= 11 is 0. The third-order valence-corrected chi connectivity index (χ3v) is 8.72. The molecular formula is C23H32N2O3S. The first-order valence-corrected chi connectivity index (χ1v) is 12.2. The van der Waals surface area contributed by atoms with Crippen molar-refractivity contribution in [3.05, 3.63) is 35.4 Å². The highest BCUT2D eigenvalue weighted by atomic mass is 32.2. The predicted molar refractivity (Wildman–Crippen MR) is 115 cm³/mol. The lowest BCUT2D eigenvalue weighted by molar-refractivity contribution is -0.120. The van der Waals surface area contributed by atoms with Gasteiger partial charge in [-0.1, -0.05) is 25.5 Å². The van der Waals surface area contributed by atoms with Gasteiger partial charge in [0.2, 0.25) is 15.9 Å². The van der Waals surface area contributed by atoms with Crippen LogP contribution in [0.25, 0.3) is 0 Å². The zero-order valence-corrected chi connectivity index (χ0v) is 18.8. The molecule has 1 aliphatic carbocycles. The first-order valence-electron chi connectivity index (χ1n) is 10.7. The van der Waals surface area contributed by atoms with Gasteiger partial charge in [0, 0.05) is 25.3 Å². The Bertz CT molecular complexity index is 954. The van der Waals surface area contributed by atoms with Gasteiger partial charge in [-0.05, 0) is 74.6 Å². The minimum absolute atomic E-state index is 0.00337. The van der Waals surface area contributed by atoms with E-state index in [0.29, 0.717) is 24.5 Å². The highest BCUT2D eigenvalue weighted by Crippen LogP contribution is 2.60. The number of sulfonamides is 1. The lowest BCUT2D eigenvalue weighted by atomic mass is 10.0. The Kier molecular flexibility index (Phi) is 5.14. The van der Waals surface area contributed by atoms with Gasteiger partial charge in [0.15, 0.2) is 0 Å². The maximum Gasteiger partial charge on any atom is 0.243 e. The molecular weight excluding hydrogens is 384 g/mol. The molecule has 2 atom stereocenters. The topological polar surface area (TPSA) is 57.7 Å². The van der Waals surface area contributed by atoms with Crippen molar-refractivity contribution in [2.24, 2.45) is 17.3 Å². The van der Waals surface area contributed by atoms with Crippen LogP contribution in [0.2, 0.25) is 0 Å². The van der Waals surface area contributed by atoms with E-state index < -0.39 is 10.0 Å². The van der Waals surface area contributed by atoms with Crippen LogP contribution < -0.4 is 4.90 Å². The molecule has 29 heavy (non-hydrogen) atoms. The van der Waals surface area contributed by atoms with Crippen LogP contribution in [-0.4, -0.2) is 38.3 Å². The van der Waals surface area contributed by atoms with Crippen molar-refractivity contribution in [1.82, 2.24) is 4.31 Å². The Labute approximate surface area is 174 Å². The zero-order chi connectivity index (χ0) is 21.0. The SMILES string of the molecule is CC(C)=CC1C(C(=O)N2CCCc3cc(S(=O)(=O)N4CCCC4)ccc32)C1(C)C. The molecule has 0 N–H and O–H groups in total. The molecule has 5 nitrogen and oxygen atoms in total. The molecule has 1 aromatic carbocycles. The van der Waals surface area contributed by atoms with Gasteiger partial charge in [0.1, 0.15) is 0 Å². The summed E-state index contributed by atoms with van der Waals surface area (Å²) in [5.74, 6) is 0.449. The van der Waals surface area contributed by atoms with Gasteiger partial charge in [-0.25, -0.2) is 8.42 Å². The number of hydrogen-bond acceptors (Lipinski definition) is 3. The largest absolute Gasteiger partial charge is 0.312 e. The van der Waals surface area contributed by atoms with E-state index in [1.54, 1.807) is 16.4 Å². The molecule has 2 heterocycles. The molecule has 3 aliphatic rings. The standard InChI is InChI=1S/C23H32N2O3S/c1-16(2)14-19-21(23(19,3)4)22(26)25-13-7-8-17-15-18(9-10-20(17)25)29(27,28)24-11-5-6-12-24/h9-10,14-15,19,21H,5-8,11-13H2,1-4H3. The van der Waals surface area contributed by atoms with Crippen molar-refractivity contribution in [3.63, 3.8) is 0 Å². The maximum absolute atomic E-state index is 13.4. The van der Waals surface area contributed by atoms with Crippen LogP contribution in [0.3, 0.4) is 0 Å². The third-order valence-electron chi connectivity index (χ3n) is 6.83. The van der Waals surface area contributed by atoms with Crippen molar-refractivity contribution in [2.75, 3.05) is 24.5 Å². The summed E-state index contributed by atoms with van der Waals surface area (Å²) < 4.78 is 27.4. The highest BCUT2D eigenvalue weighted by Gasteiger charge is 2.61. The molecule has 0 bridgehead atoms. The smallest absolute Gasteiger partial charge is 0.243 e. The van der Waals surface area contributed by atoms with E-state index in [4.69, 9.17) is 0 Å². The molecule has 1 aromatic rings. The number of rotatable bonds is 4. The molecule has 1 saturated carbocycles. The van der Waals surface area contributed by atoms with Crippen LogP contribution in [0.15, 0.2) is 34.7 Å². The number of carbonyl (C=O) groups excluding carboxylic acids is 1. The molecule has 1 saturated heterocycles. The van der Waals surface area contributed by atoms with E-state index in [-0.39, 0.29) is 23.2 Å². The lowest BCUT2D eigenvalue weighted by Crippen LogP contribution is -2.37. The number of carbonyl (C=O) groups is 1. The van der Waals surface area contributed by atoms with Gasteiger partial charge in [0.05, 0.1) is 10.8 Å². The third kappa shape index (κ3) is 3.55. The van der Waals surface area contributed by atoms with E-state index in [2.05, 4.69) is 33.8 Å². The van der Waals surface area contributed by atoms with E-state index in [0.717, 1.165) is 36.9 Å². The maximum atomic E-state index is 13.4. The van der Waals surface area contributed by atoms with Gasteiger partial charge >= 0.3 is 0 Å². The van der Waals surface area contributed by atoms with Gasteiger partial charge in [-0.2, -0.15) is 4.31 Å². The second-order valence-electron chi connectivity index (χ2n) is 9.56. The first kappa shape index (κ1) is 20.6. The fourth-order valence-electron chi connectivity index (χ4n) is 5.03. The second-order valence-corrected chi connectivity index (χ2v) is 11.5. The summed E-state index contributed by atoms with van der Waals surface area (Å²) in [5, 5.41) is 0. The predicted octanol–water partition coefficient (Wildman–Crippen LogP) is 3.99. The lowest BCUT2D eigenvalue weighted by Gasteiger charge is -2.31. The van der Waals surface area contributed by atoms with E-state index >= 15 is 0 Å². The number of anilines is 1. The number of benzene rings is 1. The molecule has 158 valence electrons. The molecule has 0 spiro atoms. The zero-order valence-electron chi connectivity index (χ0n) is 17.9. The van der Waals surface area contributed by atoms with Crippen molar-refractivity contribution in [1.29, 1.82) is 0 Å².